The summed E-state index contributed by atoms with van der Waals surface area (Å²) in [5.74, 6) is 0.348. The Bertz CT molecular complexity index is 800. The molecule has 0 radical (unpaired) electrons. The molecule has 27 heavy (non-hydrogen) atoms. The van der Waals surface area contributed by atoms with Gasteiger partial charge in [-0.25, -0.2) is 4.98 Å². The number of nitro groups is 1. The van der Waals surface area contributed by atoms with Gasteiger partial charge in [-0.05, 0) is 56.1 Å². The van der Waals surface area contributed by atoms with Gasteiger partial charge in [-0.15, -0.1) is 0 Å². The third kappa shape index (κ3) is 6.37. The largest absolute Gasteiger partial charge is 0.491 e. The number of esters is 1. The highest BCUT2D eigenvalue weighted by atomic mass is 35.5. The Kier molecular flexibility index (Phi) is 7.30. The third-order valence-electron chi connectivity index (χ3n) is 3.45. The van der Waals surface area contributed by atoms with Crippen LogP contribution in [0.2, 0.25) is 5.28 Å². The molecule has 0 spiro atoms. The molecular weight excluding hydrogens is 376 g/mol. The van der Waals surface area contributed by atoms with Gasteiger partial charge < -0.3 is 14.8 Å². The lowest BCUT2D eigenvalue weighted by atomic mass is 10.2. The van der Waals surface area contributed by atoms with Crippen molar-refractivity contribution in [3.8, 4) is 5.75 Å². The summed E-state index contributed by atoms with van der Waals surface area (Å²) in [7, 11) is 0. The van der Waals surface area contributed by atoms with E-state index in [1.165, 1.54) is 0 Å². The molecule has 10 heteroatoms. The Balaban J connectivity index is 1.97. The van der Waals surface area contributed by atoms with Crippen molar-refractivity contribution in [2.45, 2.75) is 32.8 Å². The first kappa shape index (κ1) is 20.4. The van der Waals surface area contributed by atoms with Gasteiger partial charge in [0.1, 0.15) is 11.9 Å². The van der Waals surface area contributed by atoms with Crippen molar-refractivity contribution in [3.05, 3.63) is 45.9 Å². The maximum Gasteiger partial charge on any atom is 0.329 e. The molecule has 0 fully saturated rings. The molecular formula is C17H19ClN4O5. The number of rotatable bonds is 9. The number of ether oxygens (including phenoxy) is 2. The highest BCUT2D eigenvalue weighted by Gasteiger charge is 2.17. The summed E-state index contributed by atoms with van der Waals surface area (Å²) >= 11 is 5.70. The van der Waals surface area contributed by atoms with Crippen molar-refractivity contribution in [2.75, 3.05) is 11.9 Å². The van der Waals surface area contributed by atoms with E-state index in [1.807, 2.05) is 6.92 Å². The molecule has 0 bridgehead atoms. The lowest BCUT2D eigenvalue weighted by Crippen LogP contribution is -2.15. The predicted molar refractivity (Wildman–Crippen MR) is 99.4 cm³/mol. The van der Waals surface area contributed by atoms with E-state index in [2.05, 4.69) is 15.3 Å². The molecule has 9 nitrogen and oxygen atoms in total. The van der Waals surface area contributed by atoms with Crippen molar-refractivity contribution in [3.63, 3.8) is 0 Å². The highest BCUT2D eigenvalue weighted by molar-refractivity contribution is 6.28. The van der Waals surface area contributed by atoms with Crippen molar-refractivity contribution in [1.82, 2.24) is 9.97 Å². The van der Waals surface area contributed by atoms with Crippen LogP contribution in [0.5, 0.6) is 5.75 Å². The maximum atomic E-state index is 11.4. The summed E-state index contributed by atoms with van der Waals surface area (Å²) in [6.45, 7) is 3.98. The van der Waals surface area contributed by atoms with Crippen molar-refractivity contribution in [2.24, 2.45) is 0 Å². The second kappa shape index (κ2) is 9.67. The first-order valence-corrected chi connectivity index (χ1v) is 8.63. The van der Waals surface area contributed by atoms with Gasteiger partial charge in [-0.3, -0.25) is 14.9 Å². The van der Waals surface area contributed by atoms with Crippen LogP contribution in [0.1, 0.15) is 26.7 Å². The topological polar surface area (TPSA) is 116 Å². The van der Waals surface area contributed by atoms with Crippen LogP contribution in [0, 0.1) is 10.1 Å². The van der Waals surface area contributed by atoms with Gasteiger partial charge in [0.05, 0.1) is 17.6 Å². The summed E-state index contributed by atoms with van der Waals surface area (Å²) in [6.07, 6.45) is 1.69. The molecule has 0 saturated heterocycles. The summed E-state index contributed by atoms with van der Waals surface area (Å²) in [6, 6.07) is 6.79. The Labute approximate surface area is 160 Å². The lowest BCUT2D eigenvalue weighted by molar-refractivity contribution is -0.384. The molecule has 1 N–H and O–H groups in total. The summed E-state index contributed by atoms with van der Waals surface area (Å²) < 4.78 is 10.6. The molecule has 1 unspecified atom stereocenters. The lowest BCUT2D eigenvalue weighted by Gasteiger charge is -2.15. The van der Waals surface area contributed by atoms with Crippen LogP contribution in [0.4, 0.5) is 17.2 Å². The van der Waals surface area contributed by atoms with E-state index in [0.29, 0.717) is 24.5 Å². The van der Waals surface area contributed by atoms with Gasteiger partial charge in [0.25, 0.3) is 0 Å². The van der Waals surface area contributed by atoms with Crippen molar-refractivity contribution in [1.29, 1.82) is 0 Å². The number of carbonyl (C=O) groups excluding carboxylic acids is 1. The number of anilines is 2. The molecule has 2 aromatic rings. The maximum absolute atomic E-state index is 11.4. The van der Waals surface area contributed by atoms with E-state index in [4.69, 9.17) is 21.1 Å². The molecule has 0 aliphatic rings. The summed E-state index contributed by atoms with van der Waals surface area (Å²) in [5.41, 5.74) is 0.284. The van der Waals surface area contributed by atoms with Gasteiger partial charge in [-0.2, -0.15) is 4.98 Å². The molecule has 2 rings (SSSR count). The molecule has 144 valence electrons. The number of hydrogen-bond acceptors (Lipinski definition) is 8. The second-order valence-corrected chi connectivity index (χ2v) is 5.89. The molecule has 1 aromatic carbocycles. The number of nitrogens with zero attached hydrogens (tertiary/aromatic N) is 3. The normalized spacial score (nSPS) is 11.5. The number of nitrogens with one attached hydrogen (secondary N) is 1. The van der Waals surface area contributed by atoms with Crippen LogP contribution in [-0.4, -0.2) is 33.6 Å². The Morgan fingerprint density at radius 2 is 2.07 bits per heavy atom. The van der Waals surface area contributed by atoms with Crippen LogP contribution in [0.15, 0.2) is 30.5 Å². The molecule has 0 aliphatic heterocycles. The number of benzene rings is 1. The fraction of sp³-hybridized carbons (Fsp3) is 0.353. The molecule has 0 aliphatic carbocycles. The van der Waals surface area contributed by atoms with Gasteiger partial charge in [0, 0.05) is 12.1 Å². The zero-order valence-electron chi connectivity index (χ0n) is 14.8. The van der Waals surface area contributed by atoms with E-state index >= 15 is 0 Å². The van der Waals surface area contributed by atoms with Gasteiger partial charge in [0.2, 0.25) is 11.1 Å². The zero-order valence-corrected chi connectivity index (χ0v) is 15.6. The minimum absolute atomic E-state index is 0.00327. The number of carbonyl (C=O) groups is 1. The van der Waals surface area contributed by atoms with E-state index < -0.39 is 4.92 Å². The Hall–Kier alpha value is -2.94. The van der Waals surface area contributed by atoms with E-state index in [0.717, 1.165) is 6.20 Å². The molecule has 0 saturated carbocycles. The first-order valence-electron chi connectivity index (χ1n) is 8.25. The average Bonchev–Trinajstić information content (AvgIpc) is 2.62. The predicted octanol–water partition coefficient (Wildman–Crippen LogP) is 3.89. The van der Waals surface area contributed by atoms with E-state index in [9.17, 15) is 14.9 Å². The van der Waals surface area contributed by atoms with E-state index in [-0.39, 0.29) is 35.3 Å². The van der Waals surface area contributed by atoms with Crippen LogP contribution < -0.4 is 10.1 Å². The standard InChI is InChI=1S/C17H19ClN4O5/c1-3-26-15(23)9-4-11(2)27-13-7-5-12(6-8-13)20-16-14(22(24)25)10-19-17(18)21-16/h5-8,10-11H,3-4,9H2,1-2H3,(H,19,20,21). The highest BCUT2D eigenvalue weighted by Crippen LogP contribution is 2.27. The monoisotopic (exact) mass is 394 g/mol. The minimum atomic E-state index is -0.596. The van der Waals surface area contributed by atoms with Crippen LogP contribution >= 0.6 is 11.6 Å². The van der Waals surface area contributed by atoms with Gasteiger partial charge >= 0.3 is 11.7 Å². The zero-order chi connectivity index (χ0) is 19.8. The van der Waals surface area contributed by atoms with Crippen molar-refractivity contribution < 1.29 is 19.2 Å². The van der Waals surface area contributed by atoms with Gasteiger partial charge in [0.15, 0.2) is 0 Å². The molecule has 0 amide bonds. The molecule has 1 aromatic heterocycles. The van der Waals surface area contributed by atoms with Crippen molar-refractivity contribution >= 4 is 34.8 Å². The third-order valence-corrected chi connectivity index (χ3v) is 3.63. The Morgan fingerprint density at radius 1 is 1.37 bits per heavy atom. The SMILES string of the molecule is CCOC(=O)CCC(C)Oc1ccc(Nc2nc(Cl)ncc2[N+](=O)[O-])cc1. The van der Waals surface area contributed by atoms with Crippen LogP contribution in [-0.2, 0) is 9.53 Å². The van der Waals surface area contributed by atoms with Crippen LogP contribution in [0.3, 0.4) is 0 Å². The summed E-state index contributed by atoms with van der Waals surface area (Å²) in [4.78, 5) is 29.3. The first-order chi connectivity index (χ1) is 12.9. The van der Waals surface area contributed by atoms with Gasteiger partial charge in [-0.1, -0.05) is 0 Å². The van der Waals surface area contributed by atoms with Crippen LogP contribution in [0.25, 0.3) is 0 Å². The minimum Gasteiger partial charge on any atom is -0.491 e. The molecule has 1 heterocycles. The molecule has 1 atom stereocenters. The second-order valence-electron chi connectivity index (χ2n) is 5.55. The number of hydrogen-bond donors (Lipinski definition) is 1. The number of aromatic nitrogens is 2. The smallest absolute Gasteiger partial charge is 0.329 e. The summed E-state index contributed by atoms with van der Waals surface area (Å²) in [5, 5.41) is 13.8. The number of halogens is 1. The fourth-order valence-electron chi connectivity index (χ4n) is 2.18. The fourth-order valence-corrected chi connectivity index (χ4v) is 2.31. The average molecular weight is 395 g/mol. The quantitative estimate of drug-likeness (QED) is 0.294. The van der Waals surface area contributed by atoms with E-state index in [1.54, 1.807) is 31.2 Å². The Morgan fingerprint density at radius 3 is 2.70 bits per heavy atom.